The molecule has 0 bridgehead atoms. The zero-order valence-electron chi connectivity index (χ0n) is 11.0. The molecule has 0 aliphatic heterocycles. The number of unbranched alkanes of at least 4 members (excludes halogenated alkanes) is 4. The molecule has 1 rings (SSSR count). The molecule has 0 aliphatic carbocycles. The molecule has 0 radical (unpaired) electrons. The first kappa shape index (κ1) is 16.2. The second kappa shape index (κ2) is 7.63. The summed E-state index contributed by atoms with van der Waals surface area (Å²) >= 11 is 5.88. The van der Waals surface area contributed by atoms with E-state index in [0.717, 1.165) is 31.4 Å². The fourth-order valence-corrected chi connectivity index (χ4v) is 1.97. The van der Waals surface area contributed by atoms with Crippen molar-refractivity contribution in [2.45, 2.75) is 45.2 Å². The monoisotopic (exact) mass is 293 g/mol. The normalized spacial score (nSPS) is 11.6. The molecule has 0 aromatic heterocycles. The third kappa shape index (κ3) is 5.72. The van der Waals surface area contributed by atoms with Crippen LogP contribution in [-0.4, -0.2) is 6.54 Å². The Balaban J connectivity index is 2.49. The van der Waals surface area contributed by atoms with Crippen molar-refractivity contribution < 1.29 is 13.2 Å². The van der Waals surface area contributed by atoms with Gasteiger partial charge in [-0.1, -0.05) is 44.2 Å². The molecule has 0 unspecified atom stereocenters. The van der Waals surface area contributed by atoms with Crippen LogP contribution < -0.4 is 5.32 Å². The zero-order chi connectivity index (χ0) is 14.3. The average molecular weight is 294 g/mol. The van der Waals surface area contributed by atoms with Crippen LogP contribution in [0.1, 0.15) is 44.6 Å². The third-order valence-electron chi connectivity index (χ3n) is 2.89. The maximum atomic E-state index is 12.6. The largest absolute Gasteiger partial charge is 0.416 e. The predicted molar refractivity (Wildman–Crippen MR) is 73.7 cm³/mol. The molecule has 0 spiro atoms. The minimum absolute atomic E-state index is 0.321. The van der Waals surface area contributed by atoms with Crippen LogP contribution in [0.4, 0.5) is 18.9 Å². The molecule has 0 atom stereocenters. The van der Waals surface area contributed by atoms with Gasteiger partial charge in [-0.05, 0) is 24.6 Å². The van der Waals surface area contributed by atoms with Gasteiger partial charge in [0.05, 0.1) is 16.3 Å². The molecule has 19 heavy (non-hydrogen) atoms. The van der Waals surface area contributed by atoms with Crippen molar-refractivity contribution in [1.82, 2.24) is 0 Å². The van der Waals surface area contributed by atoms with E-state index in [1.165, 1.54) is 18.9 Å². The lowest BCUT2D eigenvalue weighted by atomic mass is 10.1. The van der Waals surface area contributed by atoms with Crippen molar-refractivity contribution in [3.05, 3.63) is 28.8 Å². The smallest absolute Gasteiger partial charge is 0.384 e. The Morgan fingerprint density at radius 3 is 2.42 bits per heavy atom. The highest BCUT2D eigenvalue weighted by molar-refractivity contribution is 6.33. The number of rotatable bonds is 7. The fraction of sp³-hybridized carbons (Fsp3) is 0.571. The maximum absolute atomic E-state index is 12.6. The first-order valence-corrected chi connectivity index (χ1v) is 6.93. The molecular formula is C14H19ClF3N. The summed E-state index contributed by atoms with van der Waals surface area (Å²) in [7, 11) is 0. The van der Waals surface area contributed by atoms with Crippen LogP contribution in [0.5, 0.6) is 0 Å². The molecule has 108 valence electrons. The Kier molecular flexibility index (Phi) is 6.49. The fourth-order valence-electron chi connectivity index (χ4n) is 1.79. The van der Waals surface area contributed by atoms with E-state index in [1.54, 1.807) is 0 Å². The molecule has 0 aliphatic rings. The third-order valence-corrected chi connectivity index (χ3v) is 3.22. The first-order chi connectivity index (χ1) is 8.95. The Bertz CT molecular complexity index is 391. The number of hydrogen-bond acceptors (Lipinski definition) is 1. The van der Waals surface area contributed by atoms with E-state index in [4.69, 9.17) is 11.6 Å². The summed E-state index contributed by atoms with van der Waals surface area (Å²) < 4.78 is 37.7. The lowest BCUT2D eigenvalue weighted by molar-refractivity contribution is -0.137. The van der Waals surface area contributed by atoms with Gasteiger partial charge in [-0.2, -0.15) is 13.2 Å². The summed E-state index contributed by atoms with van der Waals surface area (Å²) in [5.41, 5.74) is -0.322. The van der Waals surface area contributed by atoms with E-state index < -0.39 is 11.7 Å². The van der Waals surface area contributed by atoms with Crippen LogP contribution in [0.2, 0.25) is 5.02 Å². The topological polar surface area (TPSA) is 12.0 Å². The van der Waals surface area contributed by atoms with E-state index in [1.807, 2.05) is 0 Å². The van der Waals surface area contributed by atoms with Crippen LogP contribution in [0.15, 0.2) is 18.2 Å². The Labute approximate surface area is 117 Å². The Morgan fingerprint density at radius 2 is 1.79 bits per heavy atom. The van der Waals surface area contributed by atoms with Crippen LogP contribution in [-0.2, 0) is 6.18 Å². The van der Waals surface area contributed by atoms with E-state index in [9.17, 15) is 13.2 Å². The summed E-state index contributed by atoms with van der Waals surface area (Å²) in [6.07, 6.45) is 1.22. The average Bonchev–Trinajstić information content (AvgIpc) is 2.34. The summed E-state index contributed by atoms with van der Waals surface area (Å²) in [6.45, 7) is 2.78. The molecule has 1 nitrogen and oxygen atoms in total. The Hall–Kier alpha value is -0.900. The van der Waals surface area contributed by atoms with E-state index in [0.29, 0.717) is 17.3 Å². The maximum Gasteiger partial charge on any atom is 0.416 e. The quantitative estimate of drug-likeness (QED) is 0.632. The van der Waals surface area contributed by atoms with Gasteiger partial charge in [0, 0.05) is 6.54 Å². The number of alkyl halides is 3. The van der Waals surface area contributed by atoms with Gasteiger partial charge in [0.25, 0.3) is 0 Å². The highest BCUT2D eigenvalue weighted by Gasteiger charge is 2.30. The number of nitrogens with one attached hydrogen (secondary N) is 1. The standard InChI is InChI=1S/C14H19ClF3N/c1-2-3-4-5-6-9-19-13-10-11(14(16,17)18)7-8-12(13)15/h7-8,10,19H,2-6,9H2,1H3. The lowest BCUT2D eigenvalue weighted by Gasteiger charge is -2.12. The minimum Gasteiger partial charge on any atom is -0.384 e. The van der Waals surface area contributed by atoms with Gasteiger partial charge in [0.1, 0.15) is 0 Å². The van der Waals surface area contributed by atoms with Crippen molar-refractivity contribution in [1.29, 1.82) is 0 Å². The molecule has 0 saturated carbocycles. The van der Waals surface area contributed by atoms with Crippen molar-refractivity contribution >= 4 is 17.3 Å². The van der Waals surface area contributed by atoms with E-state index >= 15 is 0 Å². The van der Waals surface area contributed by atoms with Gasteiger partial charge in [-0.3, -0.25) is 0 Å². The van der Waals surface area contributed by atoms with Crippen molar-refractivity contribution in [2.24, 2.45) is 0 Å². The number of anilines is 1. The summed E-state index contributed by atoms with van der Waals surface area (Å²) in [6, 6.07) is 3.34. The molecule has 0 saturated heterocycles. The minimum atomic E-state index is -4.33. The van der Waals surface area contributed by atoms with Gasteiger partial charge in [0.15, 0.2) is 0 Å². The summed E-state index contributed by atoms with van der Waals surface area (Å²) in [5, 5.41) is 3.29. The first-order valence-electron chi connectivity index (χ1n) is 6.55. The van der Waals surface area contributed by atoms with Crippen LogP contribution in [0, 0.1) is 0 Å². The number of benzene rings is 1. The molecule has 5 heteroatoms. The molecular weight excluding hydrogens is 275 g/mol. The molecule has 1 aromatic rings. The van der Waals surface area contributed by atoms with Gasteiger partial charge in [-0.25, -0.2) is 0 Å². The van der Waals surface area contributed by atoms with Gasteiger partial charge >= 0.3 is 6.18 Å². The van der Waals surface area contributed by atoms with Crippen LogP contribution >= 0.6 is 11.6 Å². The van der Waals surface area contributed by atoms with Crippen molar-refractivity contribution in [2.75, 3.05) is 11.9 Å². The van der Waals surface area contributed by atoms with Gasteiger partial charge < -0.3 is 5.32 Å². The summed E-state index contributed by atoms with van der Waals surface area (Å²) in [4.78, 5) is 0. The second-order valence-corrected chi connectivity index (χ2v) is 4.94. The SMILES string of the molecule is CCCCCCCNc1cc(C(F)(F)F)ccc1Cl. The Morgan fingerprint density at radius 1 is 1.11 bits per heavy atom. The van der Waals surface area contributed by atoms with E-state index in [2.05, 4.69) is 12.2 Å². The van der Waals surface area contributed by atoms with Gasteiger partial charge in [0.2, 0.25) is 0 Å². The number of halogens is 4. The second-order valence-electron chi connectivity index (χ2n) is 4.53. The van der Waals surface area contributed by atoms with Crippen LogP contribution in [0.3, 0.4) is 0 Å². The highest BCUT2D eigenvalue weighted by atomic mass is 35.5. The lowest BCUT2D eigenvalue weighted by Crippen LogP contribution is -2.07. The van der Waals surface area contributed by atoms with Crippen molar-refractivity contribution in [3.63, 3.8) is 0 Å². The van der Waals surface area contributed by atoms with Gasteiger partial charge in [-0.15, -0.1) is 0 Å². The van der Waals surface area contributed by atoms with Crippen LogP contribution in [0.25, 0.3) is 0 Å². The van der Waals surface area contributed by atoms with E-state index in [-0.39, 0.29) is 0 Å². The zero-order valence-corrected chi connectivity index (χ0v) is 11.7. The summed E-state index contributed by atoms with van der Waals surface area (Å²) in [5.74, 6) is 0. The molecule has 1 aromatic carbocycles. The molecule has 0 heterocycles. The predicted octanol–water partition coefficient (Wildman–Crippen LogP) is 5.74. The van der Waals surface area contributed by atoms with Crippen molar-refractivity contribution in [3.8, 4) is 0 Å². The molecule has 0 amide bonds. The number of hydrogen-bond donors (Lipinski definition) is 1. The molecule has 1 N–H and O–H groups in total. The highest BCUT2D eigenvalue weighted by Crippen LogP contribution is 2.33. The molecule has 0 fully saturated rings.